The van der Waals surface area contributed by atoms with E-state index in [4.69, 9.17) is 0 Å². The van der Waals surface area contributed by atoms with Crippen LogP contribution < -0.4 is 5.32 Å². The highest BCUT2D eigenvalue weighted by Gasteiger charge is 2.20. The summed E-state index contributed by atoms with van der Waals surface area (Å²) in [5.41, 5.74) is 0.573. The van der Waals surface area contributed by atoms with Crippen molar-refractivity contribution in [3.63, 3.8) is 0 Å². The van der Waals surface area contributed by atoms with Gasteiger partial charge < -0.3 is 5.32 Å². The van der Waals surface area contributed by atoms with Crippen LogP contribution in [0, 0.1) is 17.6 Å². The fourth-order valence-corrected chi connectivity index (χ4v) is 2.74. The molecule has 0 radical (unpaired) electrons. The van der Waals surface area contributed by atoms with E-state index in [-0.39, 0.29) is 0 Å². The third-order valence-electron chi connectivity index (χ3n) is 4.01. The van der Waals surface area contributed by atoms with Crippen LogP contribution in [-0.4, -0.2) is 30.6 Å². The molecule has 1 unspecified atom stereocenters. The molecule has 4 heteroatoms. The molecule has 0 aromatic heterocycles. The molecule has 1 saturated heterocycles. The van der Waals surface area contributed by atoms with E-state index in [0.29, 0.717) is 24.1 Å². The van der Waals surface area contributed by atoms with E-state index >= 15 is 0 Å². The first-order chi connectivity index (χ1) is 9.56. The summed E-state index contributed by atoms with van der Waals surface area (Å²) in [4.78, 5) is 2.27. The van der Waals surface area contributed by atoms with E-state index in [2.05, 4.69) is 24.1 Å². The van der Waals surface area contributed by atoms with E-state index in [1.54, 1.807) is 6.07 Å². The maximum atomic E-state index is 13.8. The Hall–Kier alpha value is -1.00. The number of piperidine rings is 1. The molecule has 1 aromatic rings. The van der Waals surface area contributed by atoms with Crippen molar-refractivity contribution in [1.82, 2.24) is 10.2 Å². The molecule has 1 fully saturated rings. The van der Waals surface area contributed by atoms with Crippen LogP contribution in [0.1, 0.15) is 32.3 Å². The summed E-state index contributed by atoms with van der Waals surface area (Å²) in [5, 5.41) is 3.41. The Morgan fingerprint density at radius 1 is 1.35 bits per heavy atom. The van der Waals surface area contributed by atoms with Gasteiger partial charge in [0.05, 0.1) is 0 Å². The van der Waals surface area contributed by atoms with E-state index in [1.807, 2.05) is 0 Å². The lowest BCUT2D eigenvalue weighted by Crippen LogP contribution is -2.40. The second-order valence-electron chi connectivity index (χ2n) is 5.97. The summed E-state index contributed by atoms with van der Waals surface area (Å²) in [6.07, 6.45) is 2.43. The molecule has 1 atom stereocenters. The van der Waals surface area contributed by atoms with Gasteiger partial charge in [-0.05, 0) is 51.8 Å². The minimum atomic E-state index is -0.515. The molecule has 1 aliphatic rings. The van der Waals surface area contributed by atoms with Gasteiger partial charge >= 0.3 is 0 Å². The lowest BCUT2D eigenvalue weighted by Gasteiger charge is -2.33. The standard InChI is InChI=1S/C16H24F2N2/c1-12(2)20(10-13-4-3-7-19-9-13)11-14-5-6-15(17)8-16(14)18/h5-6,8,12-13,19H,3-4,7,9-11H2,1-2H3. The van der Waals surface area contributed by atoms with Crippen molar-refractivity contribution in [2.45, 2.75) is 39.3 Å². The van der Waals surface area contributed by atoms with Crippen LogP contribution in [0.15, 0.2) is 18.2 Å². The maximum Gasteiger partial charge on any atom is 0.130 e. The molecule has 112 valence electrons. The average molecular weight is 282 g/mol. The van der Waals surface area contributed by atoms with Crippen LogP contribution in [0.4, 0.5) is 8.78 Å². The first-order valence-corrected chi connectivity index (χ1v) is 7.45. The fourth-order valence-electron chi connectivity index (χ4n) is 2.74. The lowest BCUT2D eigenvalue weighted by molar-refractivity contribution is 0.162. The summed E-state index contributed by atoms with van der Waals surface area (Å²) >= 11 is 0. The Balaban J connectivity index is 2.01. The predicted molar refractivity (Wildman–Crippen MR) is 77.5 cm³/mol. The molecule has 1 aromatic carbocycles. The Kier molecular flexibility index (Phi) is 5.49. The van der Waals surface area contributed by atoms with Crippen LogP contribution in [0.2, 0.25) is 0 Å². The van der Waals surface area contributed by atoms with Crippen molar-refractivity contribution in [3.05, 3.63) is 35.4 Å². The summed E-state index contributed by atoms with van der Waals surface area (Å²) in [6, 6.07) is 4.20. The van der Waals surface area contributed by atoms with Crippen LogP contribution in [0.3, 0.4) is 0 Å². The smallest absolute Gasteiger partial charge is 0.130 e. The molecule has 20 heavy (non-hydrogen) atoms. The Morgan fingerprint density at radius 2 is 2.15 bits per heavy atom. The number of benzene rings is 1. The highest BCUT2D eigenvalue weighted by atomic mass is 19.1. The van der Waals surface area contributed by atoms with Gasteiger partial charge in [-0.15, -0.1) is 0 Å². The van der Waals surface area contributed by atoms with Crippen molar-refractivity contribution in [2.24, 2.45) is 5.92 Å². The van der Waals surface area contributed by atoms with E-state index in [0.717, 1.165) is 25.7 Å². The van der Waals surface area contributed by atoms with E-state index in [9.17, 15) is 8.78 Å². The normalized spacial score (nSPS) is 19.8. The third-order valence-corrected chi connectivity index (χ3v) is 4.01. The number of hydrogen-bond acceptors (Lipinski definition) is 2. The molecule has 0 amide bonds. The number of nitrogens with zero attached hydrogens (tertiary/aromatic N) is 1. The molecule has 0 bridgehead atoms. The first-order valence-electron chi connectivity index (χ1n) is 7.45. The van der Waals surface area contributed by atoms with Gasteiger partial charge in [-0.1, -0.05) is 6.07 Å². The topological polar surface area (TPSA) is 15.3 Å². The summed E-state index contributed by atoms with van der Waals surface area (Å²) in [5.74, 6) is -0.342. The second-order valence-corrected chi connectivity index (χ2v) is 5.97. The van der Waals surface area contributed by atoms with Crippen molar-refractivity contribution in [2.75, 3.05) is 19.6 Å². The highest BCUT2D eigenvalue weighted by molar-refractivity contribution is 5.18. The van der Waals surface area contributed by atoms with Gasteiger partial charge in [-0.25, -0.2) is 8.78 Å². The summed E-state index contributed by atoms with van der Waals surface area (Å²) in [7, 11) is 0. The molecule has 2 nitrogen and oxygen atoms in total. The minimum absolute atomic E-state index is 0.348. The van der Waals surface area contributed by atoms with Gasteiger partial charge in [-0.3, -0.25) is 4.90 Å². The van der Waals surface area contributed by atoms with Gasteiger partial charge in [0.1, 0.15) is 11.6 Å². The Morgan fingerprint density at radius 3 is 2.75 bits per heavy atom. The minimum Gasteiger partial charge on any atom is -0.316 e. The largest absolute Gasteiger partial charge is 0.316 e. The van der Waals surface area contributed by atoms with Gasteiger partial charge in [0.2, 0.25) is 0 Å². The lowest BCUT2D eigenvalue weighted by atomic mass is 9.98. The molecule has 0 spiro atoms. The highest BCUT2D eigenvalue weighted by Crippen LogP contribution is 2.18. The van der Waals surface area contributed by atoms with Crippen LogP contribution in [0.5, 0.6) is 0 Å². The number of halogens is 2. The second kappa shape index (κ2) is 7.14. The van der Waals surface area contributed by atoms with Gasteiger partial charge in [0.15, 0.2) is 0 Å². The molecule has 1 heterocycles. The summed E-state index contributed by atoms with van der Waals surface area (Å²) in [6.45, 7) is 7.89. The molecule has 2 rings (SSSR count). The zero-order chi connectivity index (χ0) is 14.5. The Bertz CT molecular complexity index is 428. The predicted octanol–water partition coefficient (Wildman–Crippen LogP) is 3.17. The monoisotopic (exact) mass is 282 g/mol. The molecule has 1 N–H and O–H groups in total. The zero-order valence-corrected chi connectivity index (χ0v) is 12.3. The van der Waals surface area contributed by atoms with Gasteiger partial charge in [0, 0.05) is 30.8 Å². The number of nitrogens with one attached hydrogen (secondary N) is 1. The quantitative estimate of drug-likeness (QED) is 0.892. The van der Waals surface area contributed by atoms with Crippen molar-refractivity contribution < 1.29 is 8.78 Å². The Labute approximate surface area is 120 Å². The molecular weight excluding hydrogens is 258 g/mol. The molecule has 0 saturated carbocycles. The van der Waals surface area contributed by atoms with E-state index in [1.165, 1.54) is 18.9 Å². The fraction of sp³-hybridized carbons (Fsp3) is 0.625. The van der Waals surface area contributed by atoms with Crippen molar-refractivity contribution in [1.29, 1.82) is 0 Å². The molecule has 0 aliphatic carbocycles. The SMILES string of the molecule is CC(C)N(Cc1ccc(F)cc1F)CC1CCCNC1. The maximum absolute atomic E-state index is 13.8. The summed E-state index contributed by atoms with van der Waals surface area (Å²) < 4.78 is 26.7. The van der Waals surface area contributed by atoms with Gasteiger partial charge in [0.25, 0.3) is 0 Å². The van der Waals surface area contributed by atoms with E-state index < -0.39 is 11.6 Å². The third kappa shape index (κ3) is 4.25. The average Bonchev–Trinajstić information content (AvgIpc) is 2.42. The van der Waals surface area contributed by atoms with Crippen molar-refractivity contribution in [3.8, 4) is 0 Å². The molecular formula is C16H24F2N2. The number of rotatable bonds is 5. The van der Waals surface area contributed by atoms with Crippen LogP contribution >= 0.6 is 0 Å². The first kappa shape index (κ1) is 15.4. The molecule has 1 aliphatic heterocycles. The number of hydrogen-bond donors (Lipinski definition) is 1. The van der Waals surface area contributed by atoms with Gasteiger partial charge in [-0.2, -0.15) is 0 Å². The van der Waals surface area contributed by atoms with Crippen LogP contribution in [-0.2, 0) is 6.54 Å². The van der Waals surface area contributed by atoms with Crippen molar-refractivity contribution >= 4 is 0 Å². The van der Waals surface area contributed by atoms with Crippen LogP contribution in [0.25, 0.3) is 0 Å². The zero-order valence-electron chi connectivity index (χ0n) is 12.3.